The number of rotatable bonds is 4. The zero-order valence-corrected chi connectivity index (χ0v) is 10.8. The van der Waals surface area contributed by atoms with Crippen LogP contribution in [0.15, 0.2) is 52.9 Å². The second kappa shape index (κ2) is 5.35. The molecule has 2 N–H and O–H groups in total. The average Bonchev–Trinajstić information content (AvgIpc) is 2.89. The van der Waals surface area contributed by atoms with Crippen LogP contribution in [0.3, 0.4) is 0 Å². The highest BCUT2D eigenvalue weighted by Crippen LogP contribution is 2.24. The number of benzene rings is 2. The van der Waals surface area contributed by atoms with E-state index < -0.39 is 0 Å². The fourth-order valence-corrected chi connectivity index (χ4v) is 2.11. The van der Waals surface area contributed by atoms with Crippen LogP contribution in [0.2, 0.25) is 0 Å². The number of halogens is 1. The molecule has 3 aromatic rings. The molecule has 0 saturated carbocycles. The molecule has 0 saturated heterocycles. The Hall–Kier alpha value is -2.33. The van der Waals surface area contributed by atoms with Crippen LogP contribution < -0.4 is 10.5 Å². The highest BCUT2D eigenvalue weighted by molar-refractivity contribution is 5.81. The van der Waals surface area contributed by atoms with Crippen molar-refractivity contribution in [3.05, 3.63) is 65.7 Å². The summed E-state index contributed by atoms with van der Waals surface area (Å²) in [5, 5.41) is 1.01. The molecule has 0 amide bonds. The van der Waals surface area contributed by atoms with Crippen molar-refractivity contribution in [1.29, 1.82) is 0 Å². The van der Waals surface area contributed by atoms with Gasteiger partial charge in [-0.25, -0.2) is 4.39 Å². The summed E-state index contributed by atoms with van der Waals surface area (Å²) in [6, 6.07) is 13.6. The third-order valence-electron chi connectivity index (χ3n) is 3.12. The van der Waals surface area contributed by atoms with Gasteiger partial charge >= 0.3 is 0 Å². The van der Waals surface area contributed by atoms with Gasteiger partial charge in [0.15, 0.2) is 0 Å². The van der Waals surface area contributed by atoms with E-state index in [2.05, 4.69) is 0 Å². The number of fused-ring (bicyclic) bond motifs is 1. The highest BCUT2D eigenvalue weighted by Gasteiger charge is 2.07. The van der Waals surface area contributed by atoms with Gasteiger partial charge in [0.25, 0.3) is 0 Å². The zero-order valence-electron chi connectivity index (χ0n) is 10.8. The van der Waals surface area contributed by atoms with Crippen molar-refractivity contribution < 1.29 is 13.5 Å². The van der Waals surface area contributed by atoms with Crippen LogP contribution in [0.1, 0.15) is 11.3 Å². The summed E-state index contributed by atoms with van der Waals surface area (Å²) in [6.45, 7) is 0.763. The molecule has 0 radical (unpaired) electrons. The second-order valence-corrected chi connectivity index (χ2v) is 4.49. The van der Waals surface area contributed by atoms with Gasteiger partial charge in [0.05, 0.1) is 0 Å². The first-order valence-corrected chi connectivity index (χ1v) is 6.35. The Balaban J connectivity index is 1.79. The molecule has 1 aromatic heterocycles. The van der Waals surface area contributed by atoms with Crippen molar-refractivity contribution >= 4 is 11.0 Å². The van der Waals surface area contributed by atoms with Crippen molar-refractivity contribution in [2.75, 3.05) is 0 Å². The summed E-state index contributed by atoms with van der Waals surface area (Å²) >= 11 is 0. The van der Waals surface area contributed by atoms with E-state index in [1.165, 1.54) is 12.1 Å². The molecule has 4 heteroatoms. The summed E-state index contributed by atoms with van der Waals surface area (Å²) in [5.74, 6) is 1.03. The maximum atomic E-state index is 12.8. The average molecular weight is 271 g/mol. The van der Waals surface area contributed by atoms with E-state index >= 15 is 0 Å². The summed E-state index contributed by atoms with van der Waals surface area (Å²) in [4.78, 5) is 0. The first-order chi connectivity index (χ1) is 9.76. The van der Waals surface area contributed by atoms with Gasteiger partial charge in [0.1, 0.15) is 29.5 Å². The van der Waals surface area contributed by atoms with Crippen LogP contribution in [0.25, 0.3) is 11.0 Å². The van der Waals surface area contributed by atoms with Gasteiger partial charge in [0.2, 0.25) is 0 Å². The van der Waals surface area contributed by atoms with Crippen LogP contribution >= 0.6 is 0 Å². The smallest absolute Gasteiger partial charge is 0.146 e. The highest BCUT2D eigenvalue weighted by atomic mass is 19.1. The molecule has 2 aromatic carbocycles. The molecule has 20 heavy (non-hydrogen) atoms. The lowest BCUT2D eigenvalue weighted by molar-refractivity contribution is 0.274. The number of hydrogen-bond acceptors (Lipinski definition) is 3. The maximum Gasteiger partial charge on any atom is 0.146 e. The number of ether oxygens (including phenoxy) is 1. The molecule has 0 spiro atoms. The molecule has 1 heterocycles. The molecule has 0 fully saturated rings. The van der Waals surface area contributed by atoms with E-state index in [4.69, 9.17) is 14.9 Å². The van der Waals surface area contributed by atoms with Crippen LogP contribution in [0.5, 0.6) is 5.75 Å². The Labute approximate surface area is 115 Å². The zero-order chi connectivity index (χ0) is 13.9. The van der Waals surface area contributed by atoms with Gasteiger partial charge in [-0.2, -0.15) is 0 Å². The predicted molar refractivity (Wildman–Crippen MR) is 74.8 cm³/mol. The molecule has 0 aliphatic heterocycles. The van der Waals surface area contributed by atoms with Gasteiger partial charge < -0.3 is 14.9 Å². The van der Waals surface area contributed by atoms with E-state index in [0.717, 1.165) is 16.5 Å². The Morgan fingerprint density at radius 2 is 1.90 bits per heavy atom. The van der Waals surface area contributed by atoms with Gasteiger partial charge in [-0.05, 0) is 42.0 Å². The number of furan rings is 1. The molecule has 3 nitrogen and oxygen atoms in total. The van der Waals surface area contributed by atoms with Crippen molar-refractivity contribution in [2.45, 2.75) is 13.2 Å². The lowest BCUT2D eigenvalue weighted by Crippen LogP contribution is -1.95. The minimum atomic E-state index is -0.284. The van der Waals surface area contributed by atoms with E-state index in [-0.39, 0.29) is 5.82 Å². The normalized spacial score (nSPS) is 10.9. The topological polar surface area (TPSA) is 48.4 Å². The van der Waals surface area contributed by atoms with E-state index in [1.807, 2.05) is 24.3 Å². The van der Waals surface area contributed by atoms with Gasteiger partial charge in [-0.3, -0.25) is 0 Å². The SMILES string of the molecule is NCc1cccc2oc(COc3ccc(F)cc3)cc12. The quantitative estimate of drug-likeness (QED) is 0.788. The van der Waals surface area contributed by atoms with Crippen molar-refractivity contribution in [3.8, 4) is 5.75 Å². The Kier molecular flexibility index (Phi) is 3.39. The lowest BCUT2D eigenvalue weighted by Gasteiger charge is -2.03. The molecule has 102 valence electrons. The van der Waals surface area contributed by atoms with Crippen LogP contribution in [0, 0.1) is 5.82 Å². The van der Waals surface area contributed by atoms with Crippen molar-refractivity contribution in [2.24, 2.45) is 5.73 Å². The first-order valence-electron chi connectivity index (χ1n) is 6.35. The largest absolute Gasteiger partial charge is 0.486 e. The molecule has 3 rings (SSSR count). The second-order valence-electron chi connectivity index (χ2n) is 4.49. The minimum absolute atomic E-state index is 0.284. The molecular formula is C16H14FNO2. The van der Waals surface area contributed by atoms with E-state index in [1.54, 1.807) is 12.1 Å². The Morgan fingerprint density at radius 1 is 1.10 bits per heavy atom. The minimum Gasteiger partial charge on any atom is -0.486 e. The van der Waals surface area contributed by atoms with Crippen molar-refractivity contribution in [3.63, 3.8) is 0 Å². The Bertz CT molecular complexity index is 719. The van der Waals surface area contributed by atoms with Gasteiger partial charge in [-0.1, -0.05) is 12.1 Å². The third kappa shape index (κ3) is 2.51. The number of hydrogen-bond donors (Lipinski definition) is 1. The molecule has 0 aliphatic rings. The van der Waals surface area contributed by atoms with Crippen molar-refractivity contribution in [1.82, 2.24) is 0 Å². The first kappa shape index (κ1) is 12.7. The van der Waals surface area contributed by atoms with E-state index in [0.29, 0.717) is 24.7 Å². The summed E-state index contributed by atoms with van der Waals surface area (Å²) in [5.41, 5.74) is 7.53. The fourth-order valence-electron chi connectivity index (χ4n) is 2.11. The molecule has 0 atom stereocenters. The van der Waals surface area contributed by atoms with E-state index in [9.17, 15) is 4.39 Å². The third-order valence-corrected chi connectivity index (χ3v) is 3.12. The predicted octanol–water partition coefficient (Wildman–Crippen LogP) is 3.61. The Morgan fingerprint density at radius 3 is 2.65 bits per heavy atom. The standard InChI is InChI=1S/C16H14FNO2/c17-12-4-6-13(7-5-12)19-10-14-8-15-11(9-18)2-1-3-16(15)20-14/h1-8H,9-10,18H2. The molecular weight excluding hydrogens is 257 g/mol. The maximum absolute atomic E-state index is 12.8. The van der Waals surface area contributed by atoms with Gasteiger partial charge in [-0.15, -0.1) is 0 Å². The van der Waals surface area contributed by atoms with Crippen LogP contribution in [-0.2, 0) is 13.2 Å². The number of nitrogens with two attached hydrogens (primary N) is 1. The summed E-state index contributed by atoms with van der Waals surface area (Å²) in [6.07, 6.45) is 0. The summed E-state index contributed by atoms with van der Waals surface area (Å²) < 4.78 is 24.0. The molecule has 0 aliphatic carbocycles. The van der Waals surface area contributed by atoms with Gasteiger partial charge in [0, 0.05) is 11.9 Å². The summed E-state index contributed by atoms with van der Waals surface area (Å²) in [7, 11) is 0. The molecule has 0 unspecified atom stereocenters. The lowest BCUT2D eigenvalue weighted by atomic mass is 10.1. The monoisotopic (exact) mass is 271 g/mol. The fraction of sp³-hybridized carbons (Fsp3) is 0.125. The van der Waals surface area contributed by atoms with Crippen LogP contribution in [-0.4, -0.2) is 0 Å². The molecule has 0 bridgehead atoms. The van der Waals surface area contributed by atoms with Crippen LogP contribution in [0.4, 0.5) is 4.39 Å².